The van der Waals surface area contributed by atoms with Gasteiger partial charge in [-0.3, -0.25) is 9.78 Å². The molecule has 1 aromatic heterocycles. The molecule has 5 heteroatoms. The second-order valence-electron chi connectivity index (χ2n) is 4.39. The summed E-state index contributed by atoms with van der Waals surface area (Å²) in [6.45, 7) is 3.65. The highest BCUT2D eigenvalue weighted by molar-refractivity contribution is 6.30. The van der Waals surface area contributed by atoms with Crippen molar-refractivity contribution in [3.63, 3.8) is 0 Å². The smallest absolute Gasteiger partial charge is 0.297 e. The van der Waals surface area contributed by atoms with Gasteiger partial charge in [0, 0.05) is 0 Å². The maximum atomic E-state index is 12.2. The Hall–Kier alpha value is -1.81. The Morgan fingerprint density at radius 2 is 1.95 bits per heavy atom. The van der Waals surface area contributed by atoms with Gasteiger partial charge in [-0.25, -0.2) is 9.36 Å². The molecule has 0 radical (unpaired) electrons. The van der Waals surface area contributed by atoms with Gasteiger partial charge >= 0.3 is 5.69 Å². The Morgan fingerprint density at radius 1 is 1.26 bits per heavy atom. The third-order valence-electron chi connectivity index (χ3n) is 3.02. The number of H-pyrrole nitrogens is 1. The Bertz CT molecular complexity index is 716. The summed E-state index contributed by atoms with van der Waals surface area (Å²) in [7, 11) is 0. The molecule has 0 unspecified atom stereocenters. The van der Waals surface area contributed by atoms with Gasteiger partial charge in [-0.05, 0) is 25.0 Å². The van der Waals surface area contributed by atoms with E-state index in [1.807, 2.05) is 18.2 Å². The maximum absolute atomic E-state index is 12.2. The fourth-order valence-electron chi connectivity index (χ4n) is 2.03. The van der Waals surface area contributed by atoms with Gasteiger partial charge in [0.2, 0.25) is 0 Å². The van der Waals surface area contributed by atoms with E-state index in [4.69, 9.17) is 11.6 Å². The van der Waals surface area contributed by atoms with Crippen LogP contribution in [0, 0.1) is 6.92 Å². The first kappa shape index (κ1) is 13.6. The van der Waals surface area contributed by atoms with Gasteiger partial charge in [0.15, 0.2) is 0 Å². The number of aryl methyl sites for hydroxylation is 1. The number of para-hydroxylation sites is 1. The van der Waals surface area contributed by atoms with E-state index in [0.29, 0.717) is 11.3 Å². The number of nitrogens with one attached hydrogen (secondary N) is 1. The van der Waals surface area contributed by atoms with Crippen molar-refractivity contribution >= 4 is 11.6 Å². The molecule has 2 rings (SSSR count). The second-order valence-corrected chi connectivity index (χ2v) is 4.77. The lowest BCUT2D eigenvalue weighted by atomic mass is 10.1. The number of aromatic nitrogens is 2. The highest BCUT2D eigenvalue weighted by Crippen LogP contribution is 2.14. The molecule has 0 spiro atoms. The van der Waals surface area contributed by atoms with E-state index in [1.54, 1.807) is 13.0 Å². The number of halogens is 1. The lowest BCUT2D eigenvalue weighted by Gasteiger charge is -2.11. The average molecular weight is 279 g/mol. The van der Waals surface area contributed by atoms with Crippen molar-refractivity contribution in [3.8, 4) is 5.69 Å². The molecular formula is C14H15ClN2O2. The SMILES string of the molecule is CCCc1ccccc1-n1c(=O)[nH]c(Cl)c(C)c1=O. The standard InChI is InChI=1S/C14H15ClN2O2/c1-3-6-10-7-4-5-8-11(10)17-13(18)9(2)12(15)16-14(17)19/h4-5,7-8H,3,6H2,1-2H3,(H,16,19). The third-order valence-corrected chi connectivity index (χ3v) is 3.40. The minimum Gasteiger partial charge on any atom is -0.297 e. The highest BCUT2D eigenvalue weighted by Gasteiger charge is 2.12. The molecule has 4 nitrogen and oxygen atoms in total. The topological polar surface area (TPSA) is 54.9 Å². The number of benzene rings is 1. The molecule has 1 aromatic carbocycles. The molecule has 0 amide bonds. The van der Waals surface area contributed by atoms with Crippen LogP contribution in [0.25, 0.3) is 5.69 Å². The van der Waals surface area contributed by atoms with E-state index in [-0.39, 0.29) is 10.7 Å². The summed E-state index contributed by atoms with van der Waals surface area (Å²) < 4.78 is 1.15. The summed E-state index contributed by atoms with van der Waals surface area (Å²) in [6, 6.07) is 7.41. The van der Waals surface area contributed by atoms with Crippen LogP contribution in [0.3, 0.4) is 0 Å². The Labute approximate surface area is 115 Å². The number of rotatable bonds is 3. The van der Waals surface area contributed by atoms with E-state index in [2.05, 4.69) is 11.9 Å². The molecule has 0 atom stereocenters. The average Bonchev–Trinajstić information content (AvgIpc) is 2.38. The summed E-state index contributed by atoms with van der Waals surface area (Å²) in [5.74, 6) is 0. The molecule has 19 heavy (non-hydrogen) atoms. The Balaban J connectivity index is 2.77. The molecule has 0 aliphatic rings. The van der Waals surface area contributed by atoms with Crippen molar-refractivity contribution < 1.29 is 0 Å². The first-order chi connectivity index (χ1) is 9.06. The van der Waals surface area contributed by atoms with Gasteiger partial charge in [-0.2, -0.15) is 0 Å². The van der Waals surface area contributed by atoms with Crippen LogP contribution in [-0.4, -0.2) is 9.55 Å². The predicted octanol–water partition coefficient (Wildman–Crippen LogP) is 2.44. The molecule has 0 fully saturated rings. The molecular weight excluding hydrogens is 264 g/mol. The van der Waals surface area contributed by atoms with Crippen LogP contribution in [0.4, 0.5) is 0 Å². The predicted molar refractivity (Wildman–Crippen MR) is 76.4 cm³/mol. The normalized spacial score (nSPS) is 10.7. The lowest BCUT2D eigenvalue weighted by Crippen LogP contribution is -2.35. The molecule has 0 saturated carbocycles. The van der Waals surface area contributed by atoms with Gasteiger partial charge in [0.05, 0.1) is 11.3 Å². The summed E-state index contributed by atoms with van der Waals surface area (Å²) >= 11 is 5.81. The molecule has 0 aliphatic carbocycles. The maximum Gasteiger partial charge on any atom is 0.334 e. The minimum absolute atomic E-state index is 0.0965. The third kappa shape index (κ3) is 2.49. The van der Waals surface area contributed by atoms with Crippen molar-refractivity contribution in [3.05, 3.63) is 61.4 Å². The van der Waals surface area contributed by atoms with Crippen molar-refractivity contribution in [2.24, 2.45) is 0 Å². The summed E-state index contributed by atoms with van der Waals surface area (Å²) in [5.41, 5.74) is 1.05. The second kappa shape index (κ2) is 5.45. The van der Waals surface area contributed by atoms with Crippen LogP contribution in [0.15, 0.2) is 33.9 Å². The van der Waals surface area contributed by atoms with Gasteiger partial charge in [-0.1, -0.05) is 43.1 Å². The molecule has 1 N–H and O–H groups in total. The van der Waals surface area contributed by atoms with Crippen LogP contribution >= 0.6 is 11.6 Å². The number of hydrogen-bond acceptors (Lipinski definition) is 2. The first-order valence-electron chi connectivity index (χ1n) is 6.16. The monoisotopic (exact) mass is 278 g/mol. The molecule has 100 valence electrons. The van der Waals surface area contributed by atoms with E-state index in [0.717, 1.165) is 23.0 Å². The lowest BCUT2D eigenvalue weighted by molar-refractivity contribution is 0.830. The number of hydrogen-bond donors (Lipinski definition) is 1. The zero-order chi connectivity index (χ0) is 14.0. The number of aromatic amines is 1. The summed E-state index contributed by atoms with van der Waals surface area (Å²) in [4.78, 5) is 26.7. The van der Waals surface area contributed by atoms with Gasteiger partial charge in [-0.15, -0.1) is 0 Å². The van der Waals surface area contributed by atoms with E-state index >= 15 is 0 Å². The van der Waals surface area contributed by atoms with Gasteiger partial charge < -0.3 is 0 Å². The molecule has 2 aromatic rings. The van der Waals surface area contributed by atoms with Crippen LogP contribution in [0.5, 0.6) is 0 Å². The fourth-order valence-corrected chi connectivity index (χ4v) is 2.19. The molecule has 1 heterocycles. The van der Waals surface area contributed by atoms with E-state index in [1.165, 1.54) is 0 Å². The molecule has 0 aliphatic heterocycles. The Kier molecular flexibility index (Phi) is 3.90. The van der Waals surface area contributed by atoms with Crippen molar-refractivity contribution in [1.82, 2.24) is 9.55 Å². The number of nitrogens with zero attached hydrogens (tertiary/aromatic N) is 1. The van der Waals surface area contributed by atoms with Gasteiger partial charge in [0.1, 0.15) is 5.15 Å². The first-order valence-corrected chi connectivity index (χ1v) is 6.53. The minimum atomic E-state index is -0.510. The largest absolute Gasteiger partial charge is 0.334 e. The fraction of sp³-hybridized carbons (Fsp3) is 0.286. The van der Waals surface area contributed by atoms with Crippen LogP contribution in [-0.2, 0) is 6.42 Å². The molecule has 0 saturated heterocycles. The summed E-state index contributed by atoms with van der Waals surface area (Å²) in [5, 5.41) is 0.0965. The van der Waals surface area contributed by atoms with Crippen molar-refractivity contribution in [2.75, 3.05) is 0 Å². The van der Waals surface area contributed by atoms with Crippen LogP contribution in [0.1, 0.15) is 24.5 Å². The molecule has 0 bridgehead atoms. The van der Waals surface area contributed by atoms with Crippen molar-refractivity contribution in [2.45, 2.75) is 26.7 Å². The summed E-state index contributed by atoms with van der Waals surface area (Å²) in [6.07, 6.45) is 1.75. The van der Waals surface area contributed by atoms with Gasteiger partial charge in [0.25, 0.3) is 5.56 Å². The zero-order valence-corrected chi connectivity index (χ0v) is 11.6. The van der Waals surface area contributed by atoms with E-state index < -0.39 is 5.69 Å². The Morgan fingerprint density at radius 3 is 2.63 bits per heavy atom. The van der Waals surface area contributed by atoms with E-state index in [9.17, 15) is 9.59 Å². The highest BCUT2D eigenvalue weighted by atomic mass is 35.5. The quantitative estimate of drug-likeness (QED) is 0.877. The zero-order valence-electron chi connectivity index (χ0n) is 10.9. The van der Waals surface area contributed by atoms with Crippen molar-refractivity contribution in [1.29, 1.82) is 0 Å². The van der Waals surface area contributed by atoms with Crippen LogP contribution in [0.2, 0.25) is 5.15 Å². The van der Waals surface area contributed by atoms with Crippen LogP contribution < -0.4 is 11.2 Å².